The van der Waals surface area contributed by atoms with E-state index in [-0.39, 0.29) is 0 Å². The molecule has 5 aromatic rings. The molecule has 0 amide bonds. The summed E-state index contributed by atoms with van der Waals surface area (Å²) in [6, 6.07) is 31.6. The van der Waals surface area contributed by atoms with E-state index in [1.54, 1.807) is 0 Å². The number of para-hydroxylation sites is 1. The number of aromatic nitrogens is 1. The molecule has 0 N–H and O–H groups in total. The number of hydrogen-bond acceptors (Lipinski definition) is 2. The van der Waals surface area contributed by atoms with Gasteiger partial charge in [0.2, 0.25) is 0 Å². The van der Waals surface area contributed by atoms with E-state index in [0.717, 1.165) is 22.4 Å². The summed E-state index contributed by atoms with van der Waals surface area (Å²) in [6.45, 7) is 4.26. The van der Waals surface area contributed by atoms with Crippen LogP contribution in [0, 0.1) is 13.8 Å². The molecule has 0 saturated heterocycles. The molecule has 0 unspecified atom stereocenters. The maximum Gasteiger partial charge on any atom is 0.882 e. The van der Waals surface area contributed by atoms with Gasteiger partial charge in [-0.25, -0.2) is 0 Å². The largest absolute Gasteiger partial charge is 0.882 e. The fourth-order valence-electron chi connectivity index (χ4n) is 4.18. The van der Waals surface area contributed by atoms with Crippen LogP contribution < -0.4 is 12.1 Å². The highest BCUT2D eigenvalue weighted by Crippen LogP contribution is 2.28. The number of pyridine rings is 1. The molecule has 4 aromatic carbocycles. The Morgan fingerprint density at radius 1 is 0.688 bits per heavy atom. The predicted molar refractivity (Wildman–Crippen MR) is 131 cm³/mol. The molecule has 3 nitrogen and oxygen atoms in total. The highest BCUT2D eigenvalue weighted by atomic mass is 27.2. The molecule has 0 spiro atoms. The van der Waals surface area contributed by atoms with Crippen molar-refractivity contribution in [1.82, 2.24) is 0 Å². The zero-order valence-electron chi connectivity index (χ0n) is 18.5. The van der Waals surface area contributed by atoms with Crippen molar-refractivity contribution >= 4 is 37.6 Å². The third-order valence-electron chi connectivity index (χ3n) is 5.99. The Labute approximate surface area is 195 Å². The molecule has 1 radical (unpaired) electrons. The van der Waals surface area contributed by atoms with Crippen LogP contribution in [-0.4, -0.2) is 15.9 Å². The number of rotatable bonds is 5. The van der Waals surface area contributed by atoms with E-state index in [9.17, 15) is 0 Å². The lowest BCUT2D eigenvalue weighted by atomic mass is 10.0. The van der Waals surface area contributed by atoms with Crippen molar-refractivity contribution in [2.24, 2.45) is 7.05 Å². The van der Waals surface area contributed by atoms with E-state index in [4.69, 9.17) is 7.58 Å². The van der Waals surface area contributed by atoms with Crippen LogP contribution in [0.3, 0.4) is 0 Å². The van der Waals surface area contributed by atoms with Crippen LogP contribution in [0.5, 0.6) is 11.5 Å². The lowest BCUT2D eigenvalue weighted by molar-refractivity contribution is -0.651. The van der Waals surface area contributed by atoms with Crippen molar-refractivity contribution in [1.29, 1.82) is 0 Å². The molecule has 0 bridgehead atoms. The normalized spacial score (nSPS) is 11.0. The minimum Gasteiger partial charge on any atom is -0.616 e. The van der Waals surface area contributed by atoms with E-state index in [2.05, 4.69) is 92.2 Å². The zero-order valence-corrected chi connectivity index (χ0v) is 19.7. The second-order valence-electron chi connectivity index (χ2n) is 8.10. The molecule has 5 rings (SSSR count). The van der Waals surface area contributed by atoms with Gasteiger partial charge in [0.25, 0.3) is 5.52 Å². The Morgan fingerprint density at radius 3 is 2.31 bits per heavy atom. The number of fused-ring (bicyclic) bond motifs is 2. The van der Waals surface area contributed by atoms with Gasteiger partial charge in [-0.3, -0.25) is 0 Å². The van der Waals surface area contributed by atoms with E-state index < -0.39 is 15.9 Å². The molecule has 4 heteroatoms. The Balaban J connectivity index is 1.35. The molecular formula is C28H24AlNO2+. The third-order valence-corrected chi connectivity index (χ3v) is 6.71. The average Bonchev–Trinajstić information content (AvgIpc) is 2.83. The smallest absolute Gasteiger partial charge is 0.616 e. The summed E-state index contributed by atoms with van der Waals surface area (Å²) in [5, 5.41) is 3.56. The van der Waals surface area contributed by atoms with Crippen LogP contribution in [0.25, 0.3) is 32.8 Å². The highest BCUT2D eigenvalue weighted by Gasteiger charge is 2.18. The molecule has 1 heterocycles. The minimum atomic E-state index is -0.685. The van der Waals surface area contributed by atoms with Crippen LogP contribution in [0.2, 0.25) is 0 Å². The summed E-state index contributed by atoms with van der Waals surface area (Å²) in [7, 11) is 2.08. The first-order valence-corrected chi connectivity index (χ1v) is 11.7. The first-order chi connectivity index (χ1) is 15.6. The van der Waals surface area contributed by atoms with Gasteiger partial charge in [0.05, 0.1) is 11.1 Å². The van der Waals surface area contributed by atoms with Crippen molar-refractivity contribution in [2.45, 2.75) is 13.8 Å². The Kier molecular flexibility index (Phi) is 5.57. The summed E-state index contributed by atoms with van der Waals surface area (Å²) in [4.78, 5) is 0. The Bertz CT molecular complexity index is 1430. The predicted octanol–water partition coefficient (Wildman–Crippen LogP) is 6.09. The molecule has 0 saturated carbocycles. The second kappa shape index (κ2) is 8.67. The quantitative estimate of drug-likeness (QED) is 0.247. The topological polar surface area (TPSA) is 22.3 Å². The number of hydrogen-bond donors (Lipinski definition) is 0. The molecule has 0 fully saturated rings. The first kappa shape index (κ1) is 20.6. The molecule has 0 aliphatic rings. The lowest BCUT2D eigenvalue weighted by Gasteiger charge is -2.12. The first-order valence-electron chi connectivity index (χ1n) is 10.7. The van der Waals surface area contributed by atoms with Crippen molar-refractivity contribution in [3.8, 4) is 22.6 Å². The van der Waals surface area contributed by atoms with Crippen molar-refractivity contribution in [3.63, 3.8) is 0 Å². The number of aryl methyl sites for hydroxylation is 3. The maximum atomic E-state index is 6.14. The van der Waals surface area contributed by atoms with Crippen molar-refractivity contribution < 1.29 is 12.1 Å². The van der Waals surface area contributed by atoms with Gasteiger partial charge in [-0.05, 0) is 64.7 Å². The van der Waals surface area contributed by atoms with E-state index in [1.807, 2.05) is 24.3 Å². The summed E-state index contributed by atoms with van der Waals surface area (Å²) in [5.74, 6) is 1.69. The Morgan fingerprint density at radius 2 is 1.47 bits per heavy atom. The van der Waals surface area contributed by atoms with Crippen molar-refractivity contribution in [2.75, 3.05) is 0 Å². The monoisotopic (exact) mass is 433 g/mol. The standard InChI is InChI=1S/C16H12O.C12H13NO.Al/c17-16-9-8-14-10-13(6-7-15(14)11-16)12-4-2-1-3-5-12;1-8-7-9(2)13(3)12-10(8)5-4-6-11(12)14;/h1-11,17H;4-7H,1-3H3;/q;;+2/p-1. The van der Waals surface area contributed by atoms with E-state index >= 15 is 0 Å². The van der Waals surface area contributed by atoms with Gasteiger partial charge >= 0.3 is 15.9 Å². The molecule has 1 aromatic heterocycles. The summed E-state index contributed by atoms with van der Waals surface area (Å²) >= 11 is -0.685. The van der Waals surface area contributed by atoms with Gasteiger partial charge < -0.3 is 7.58 Å². The Hall–Kier alpha value is -3.32. The van der Waals surface area contributed by atoms with Gasteiger partial charge in [-0.15, -0.1) is 0 Å². The van der Waals surface area contributed by atoms with Crippen LogP contribution in [0.15, 0.2) is 91.0 Å². The summed E-state index contributed by atoms with van der Waals surface area (Å²) in [5.41, 5.74) is 6.00. The maximum absolute atomic E-state index is 6.14. The highest BCUT2D eigenvalue weighted by molar-refractivity contribution is 6.21. The van der Waals surface area contributed by atoms with Gasteiger partial charge in [0.1, 0.15) is 7.05 Å². The second-order valence-corrected chi connectivity index (χ2v) is 8.77. The number of benzene rings is 4. The van der Waals surface area contributed by atoms with Crippen LogP contribution in [0.4, 0.5) is 0 Å². The summed E-state index contributed by atoms with van der Waals surface area (Å²) in [6.07, 6.45) is 0. The minimum absolute atomic E-state index is 0.685. The fraction of sp³-hybridized carbons (Fsp3) is 0.107. The number of nitrogens with zero attached hydrogens (tertiary/aromatic N) is 1. The van der Waals surface area contributed by atoms with Crippen LogP contribution in [0.1, 0.15) is 11.3 Å². The van der Waals surface area contributed by atoms with Gasteiger partial charge in [-0.2, -0.15) is 4.57 Å². The zero-order chi connectivity index (χ0) is 22.1. The van der Waals surface area contributed by atoms with E-state index in [0.29, 0.717) is 0 Å². The van der Waals surface area contributed by atoms with Crippen molar-refractivity contribution in [3.05, 3.63) is 102 Å². The van der Waals surface area contributed by atoms with Gasteiger partial charge in [0, 0.05) is 13.0 Å². The summed E-state index contributed by atoms with van der Waals surface area (Å²) < 4.78 is 14.4. The SMILES string of the molecule is Cc1cc(C)[n+](C)c2c([O][Al][O]c3ccc4cc(-c5ccccc5)ccc4c3)cccc12. The molecule has 32 heavy (non-hydrogen) atoms. The molecule has 0 atom stereocenters. The molecule has 155 valence electrons. The molecule has 0 aliphatic heterocycles. The van der Waals surface area contributed by atoms with Gasteiger partial charge in [0.15, 0.2) is 11.4 Å². The van der Waals surface area contributed by atoms with Crippen LogP contribution in [-0.2, 0) is 7.05 Å². The third kappa shape index (κ3) is 3.96. The van der Waals surface area contributed by atoms with Crippen LogP contribution >= 0.6 is 0 Å². The van der Waals surface area contributed by atoms with Gasteiger partial charge in [-0.1, -0.05) is 54.6 Å². The molecule has 0 aliphatic carbocycles. The molecular weight excluding hydrogens is 409 g/mol. The van der Waals surface area contributed by atoms with E-state index in [1.165, 1.54) is 33.2 Å². The lowest BCUT2D eigenvalue weighted by Crippen LogP contribution is -2.33. The fourth-order valence-corrected chi connectivity index (χ4v) is 4.78. The average molecular weight is 433 g/mol.